The average Bonchev–Trinajstić information content (AvgIpc) is 2.93. The highest BCUT2D eigenvalue weighted by molar-refractivity contribution is 7.91. The Kier molecular flexibility index (Phi) is 4.67. The number of aromatic nitrogens is 2. The summed E-state index contributed by atoms with van der Waals surface area (Å²) in [5.41, 5.74) is 1.49. The van der Waals surface area contributed by atoms with Crippen LogP contribution in [-0.4, -0.2) is 40.9 Å². The van der Waals surface area contributed by atoms with Gasteiger partial charge in [0.15, 0.2) is 15.7 Å². The van der Waals surface area contributed by atoms with Gasteiger partial charge >= 0.3 is 0 Å². The molecule has 1 aromatic heterocycles. The zero-order chi connectivity index (χ0) is 18.0. The summed E-state index contributed by atoms with van der Waals surface area (Å²) in [4.78, 5) is 19.2. The molecule has 0 spiro atoms. The van der Waals surface area contributed by atoms with Crippen molar-refractivity contribution in [1.82, 2.24) is 9.97 Å². The summed E-state index contributed by atoms with van der Waals surface area (Å²) in [5, 5.41) is 13.9. The van der Waals surface area contributed by atoms with E-state index in [1.54, 1.807) is 18.2 Å². The van der Waals surface area contributed by atoms with Crippen LogP contribution in [0.15, 0.2) is 30.3 Å². The fourth-order valence-corrected chi connectivity index (χ4v) is 4.41. The number of rotatable bonds is 5. The molecule has 0 bridgehead atoms. The van der Waals surface area contributed by atoms with Gasteiger partial charge in [0.05, 0.1) is 16.4 Å². The van der Waals surface area contributed by atoms with E-state index in [2.05, 4.69) is 15.3 Å². The van der Waals surface area contributed by atoms with E-state index in [0.717, 1.165) is 5.69 Å². The number of anilines is 1. The lowest BCUT2D eigenvalue weighted by molar-refractivity contribution is -0.384. The number of nitro groups is 1. The van der Waals surface area contributed by atoms with Crippen LogP contribution in [0.1, 0.15) is 19.0 Å². The van der Waals surface area contributed by atoms with Crippen LogP contribution in [0.5, 0.6) is 0 Å². The minimum Gasteiger partial charge on any atom is -0.366 e. The molecule has 3 rings (SSSR count). The third-order valence-corrected chi connectivity index (χ3v) is 5.83. The maximum absolute atomic E-state index is 11.6. The Balaban J connectivity index is 1.88. The maximum atomic E-state index is 11.6. The summed E-state index contributed by atoms with van der Waals surface area (Å²) in [5.74, 6) is 1.32. The zero-order valence-corrected chi connectivity index (χ0v) is 14.5. The van der Waals surface area contributed by atoms with Crippen LogP contribution in [0.25, 0.3) is 11.4 Å². The van der Waals surface area contributed by atoms with Crippen LogP contribution in [-0.2, 0) is 16.3 Å². The third-order valence-electron chi connectivity index (χ3n) is 4.06. The van der Waals surface area contributed by atoms with Crippen molar-refractivity contribution in [3.05, 3.63) is 46.1 Å². The molecule has 1 saturated heterocycles. The lowest BCUT2D eigenvalue weighted by Crippen LogP contribution is -2.21. The fraction of sp³-hybridized carbons (Fsp3) is 0.375. The number of nitrogens with zero attached hydrogens (tertiary/aromatic N) is 3. The monoisotopic (exact) mass is 362 g/mol. The summed E-state index contributed by atoms with van der Waals surface area (Å²) >= 11 is 0. The van der Waals surface area contributed by atoms with E-state index < -0.39 is 14.8 Å². The molecule has 1 aliphatic heterocycles. The lowest BCUT2D eigenvalue weighted by atomic mass is 10.2. The molecule has 0 radical (unpaired) electrons. The number of aryl methyl sites for hydroxylation is 1. The topological polar surface area (TPSA) is 115 Å². The molecule has 1 fully saturated rings. The molecule has 8 nitrogen and oxygen atoms in total. The molecule has 9 heteroatoms. The first-order valence-electron chi connectivity index (χ1n) is 7.96. The number of nitrogens with one attached hydrogen (secondary N) is 1. The Morgan fingerprint density at radius 3 is 2.56 bits per heavy atom. The van der Waals surface area contributed by atoms with Gasteiger partial charge in [-0.3, -0.25) is 10.1 Å². The van der Waals surface area contributed by atoms with Crippen LogP contribution in [0.4, 0.5) is 11.5 Å². The molecule has 1 atom stereocenters. The highest BCUT2D eigenvalue weighted by atomic mass is 32.2. The predicted octanol–water partition coefficient (Wildman–Crippen LogP) is 2.21. The minimum absolute atomic E-state index is 0.00454. The molecule has 2 aromatic rings. The normalized spacial score (nSPS) is 18.8. The highest BCUT2D eigenvalue weighted by Crippen LogP contribution is 2.23. The van der Waals surface area contributed by atoms with Crippen molar-refractivity contribution in [2.75, 3.05) is 16.8 Å². The Morgan fingerprint density at radius 1 is 1.28 bits per heavy atom. The Bertz CT molecular complexity index is 897. The summed E-state index contributed by atoms with van der Waals surface area (Å²) in [6.45, 7) is 1.96. The molecule has 1 aliphatic rings. The van der Waals surface area contributed by atoms with Gasteiger partial charge < -0.3 is 5.32 Å². The molecule has 132 valence electrons. The van der Waals surface area contributed by atoms with Gasteiger partial charge in [-0.15, -0.1) is 0 Å². The average molecular weight is 362 g/mol. The van der Waals surface area contributed by atoms with Crippen LogP contribution < -0.4 is 5.32 Å². The first-order valence-corrected chi connectivity index (χ1v) is 9.78. The summed E-state index contributed by atoms with van der Waals surface area (Å²) in [7, 11) is -2.98. The van der Waals surface area contributed by atoms with Gasteiger partial charge in [0.1, 0.15) is 5.82 Å². The lowest BCUT2D eigenvalue weighted by Gasteiger charge is -2.13. The van der Waals surface area contributed by atoms with Gasteiger partial charge in [-0.2, -0.15) is 0 Å². The highest BCUT2D eigenvalue weighted by Gasteiger charge is 2.28. The summed E-state index contributed by atoms with van der Waals surface area (Å²) < 4.78 is 23.2. The molecular weight excluding hydrogens is 344 g/mol. The van der Waals surface area contributed by atoms with E-state index in [0.29, 0.717) is 30.0 Å². The van der Waals surface area contributed by atoms with Crippen LogP contribution in [0.2, 0.25) is 0 Å². The molecular formula is C16H18N4O4S. The molecule has 1 N–H and O–H groups in total. The van der Waals surface area contributed by atoms with Crippen molar-refractivity contribution in [1.29, 1.82) is 0 Å². The minimum atomic E-state index is -2.98. The number of non-ortho nitro benzene ring substituents is 1. The number of sulfone groups is 1. The standard InChI is InChI=1S/C16H18N4O4S/c1-2-12-9-15(17-13-7-8-25(23,24)10-13)19-16(18-12)11-3-5-14(6-4-11)20(21)22/h3-6,9,13H,2,7-8,10H2,1H3,(H,17,18,19)/t13-/m1/s1. The Hall–Kier alpha value is -2.55. The molecule has 0 aliphatic carbocycles. The Labute approximate surface area is 145 Å². The second kappa shape index (κ2) is 6.75. The van der Waals surface area contributed by atoms with Gasteiger partial charge in [0, 0.05) is 35.5 Å². The number of hydrogen-bond acceptors (Lipinski definition) is 7. The third kappa shape index (κ3) is 4.11. The van der Waals surface area contributed by atoms with Crippen LogP contribution >= 0.6 is 0 Å². The smallest absolute Gasteiger partial charge is 0.269 e. The van der Waals surface area contributed by atoms with Gasteiger partial charge in [0.2, 0.25) is 0 Å². The maximum Gasteiger partial charge on any atom is 0.269 e. The first-order chi connectivity index (χ1) is 11.9. The van der Waals surface area contributed by atoms with Crippen LogP contribution in [0, 0.1) is 10.1 Å². The summed E-state index contributed by atoms with van der Waals surface area (Å²) in [6.07, 6.45) is 1.25. The van der Waals surface area contributed by atoms with Gasteiger partial charge in [-0.05, 0) is 25.0 Å². The van der Waals surface area contributed by atoms with E-state index in [1.165, 1.54) is 12.1 Å². The van der Waals surface area contributed by atoms with Crippen molar-refractivity contribution in [2.24, 2.45) is 0 Å². The van der Waals surface area contributed by atoms with E-state index in [-0.39, 0.29) is 23.2 Å². The van der Waals surface area contributed by atoms with Crippen molar-refractivity contribution < 1.29 is 13.3 Å². The van der Waals surface area contributed by atoms with Crippen LogP contribution in [0.3, 0.4) is 0 Å². The van der Waals surface area contributed by atoms with Gasteiger partial charge in [0.25, 0.3) is 5.69 Å². The van der Waals surface area contributed by atoms with E-state index in [4.69, 9.17) is 0 Å². The zero-order valence-electron chi connectivity index (χ0n) is 13.7. The van der Waals surface area contributed by atoms with E-state index in [1.807, 2.05) is 6.92 Å². The van der Waals surface area contributed by atoms with Crippen molar-refractivity contribution in [2.45, 2.75) is 25.8 Å². The number of hydrogen-bond donors (Lipinski definition) is 1. The fourth-order valence-electron chi connectivity index (χ4n) is 2.73. The van der Waals surface area contributed by atoms with Gasteiger partial charge in [-0.25, -0.2) is 18.4 Å². The summed E-state index contributed by atoms with van der Waals surface area (Å²) in [6, 6.07) is 7.68. The van der Waals surface area contributed by atoms with Crippen molar-refractivity contribution >= 4 is 21.3 Å². The predicted molar refractivity (Wildman–Crippen MR) is 94.2 cm³/mol. The van der Waals surface area contributed by atoms with Crippen molar-refractivity contribution in [3.63, 3.8) is 0 Å². The molecule has 0 unspecified atom stereocenters. The number of nitro benzene ring substituents is 1. The molecule has 25 heavy (non-hydrogen) atoms. The quantitative estimate of drug-likeness (QED) is 0.640. The second-order valence-corrected chi connectivity index (χ2v) is 8.20. The molecule has 0 saturated carbocycles. The Morgan fingerprint density at radius 2 is 2.00 bits per heavy atom. The second-order valence-electron chi connectivity index (χ2n) is 5.97. The molecule has 0 amide bonds. The largest absolute Gasteiger partial charge is 0.366 e. The van der Waals surface area contributed by atoms with E-state index in [9.17, 15) is 18.5 Å². The van der Waals surface area contributed by atoms with Gasteiger partial charge in [-0.1, -0.05) is 6.92 Å². The number of benzene rings is 1. The molecule has 2 heterocycles. The van der Waals surface area contributed by atoms with Crippen molar-refractivity contribution in [3.8, 4) is 11.4 Å². The first kappa shape index (κ1) is 17.3. The molecule has 1 aromatic carbocycles. The van der Waals surface area contributed by atoms with E-state index >= 15 is 0 Å². The SMILES string of the molecule is CCc1cc(N[C@@H]2CCS(=O)(=O)C2)nc(-c2ccc([N+](=O)[O-])cc2)n1.